The lowest BCUT2D eigenvalue weighted by Gasteiger charge is -2.12. The third-order valence-corrected chi connectivity index (χ3v) is 6.51. The van der Waals surface area contributed by atoms with Crippen molar-refractivity contribution in [2.45, 2.75) is 52.0 Å². The minimum Gasteiger partial charge on any atom is -0.494 e. The number of fused-ring (bicyclic) bond motifs is 1. The van der Waals surface area contributed by atoms with Crippen molar-refractivity contribution in [3.63, 3.8) is 0 Å². The fourth-order valence-electron chi connectivity index (χ4n) is 4.24. The molecule has 0 aliphatic rings. The molecule has 0 bridgehead atoms. The number of imidazole rings is 1. The monoisotopic (exact) mass is 469 g/mol. The van der Waals surface area contributed by atoms with E-state index in [0.717, 1.165) is 48.4 Å². The molecule has 0 fully saturated rings. The third kappa shape index (κ3) is 6.50. The van der Waals surface area contributed by atoms with Crippen LogP contribution in [-0.2, 0) is 13.0 Å². The maximum Gasteiger partial charge on any atom is 0.251 e. The topological polar surface area (TPSA) is 56.1 Å². The minimum atomic E-state index is -0.0532. The normalized spacial score (nSPS) is 11.9. The summed E-state index contributed by atoms with van der Waals surface area (Å²) in [5.41, 5.74) is 4.17. The van der Waals surface area contributed by atoms with E-state index in [-0.39, 0.29) is 5.91 Å². The van der Waals surface area contributed by atoms with Crippen LogP contribution in [0.3, 0.4) is 0 Å². The number of hydrogen-bond acceptors (Lipinski definition) is 3. The van der Waals surface area contributed by atoms with Gasteiger partial charge in [0.15, 0.2) is 0 Å². The molecule has 182 valence electrons. The first-order valence-corrected chi connectivity index (χ1v) is 12.7. The van der Waals surface area contributed by atoms with E-state index in [2.05, 4.69) is 54.1 Å². The number of aromatic nitrogens is 2. The van der Waals surface area contributed by atoms with Crippen molar-refractivity contribution in [3.05, 3.63) is 95.8 Å². The standard InChI is InChI=1S/C30H35N3O2/c1-3-23(2)24-15-17-26(18-16-24)35-22-10-9-21-33-28-14-8-7-13-27(28)32-29(33)19-20-31-30(34)25-11-5-4-6-12-25/h4-8,11-18,23H,3,9-10,19-22H2,1-2H3,(H,31,34). The van der Waals surface area contributed by atoms with E-state index < -0.39 is 0 Å². The van der Waals surface area contributed by atoms with Gasteiger partial charge in [-0.2, -0.15) is 0 Å². The van der Waals surface area contributed by atoms with Gasteiger partial charge in [-0.3, -0.25) is 4.79 Å². The fraction of sp³-hybridized carbons (Fsp3) is 0.333. The van der Waals surface area contributed by atoms with Gasteiger partial charge in [-0.15, -0.1) is 0 Å². The van der Waals surface area contributed by atoms with Gasteiger partial charge < -0.3 is 14.6 Å². The summed E-state index contributed by atoms with van der Waals surface area (Å²) in [7, 11) is 0. The highest BCUT2D eigenvalue weighted by Gasteiger charge is 2.11. The van der Waals surface area contributed by atoms with Crippen LogP contribution in [0.15, 0.2) is 78.9 Å². The van der Waals surface area contributed by atoms with E-state index in [1.807, 2.05) is 48.5 Å². The van der Waals surface area contributed by atoms with Crippen LogP contribution in [-0.4, -0.2) is 28.6 Å². The van der Waals surface area contributed by atoms with Crippen LogP contribution in [0.2, 0.25) is 0 Å². The average Bonchev–Trinajstić information content (AvgIpc) is 3.26. The van der Waals surface area contributed by atoms with Crippen LogP contribution in [0.1, 0.15) is 60.8 Å². The van der Waals surface area contributed by atoms with Gasteiger partial charge in [-0.1, -0.05) is 56.3 Å². The van der Waals surface area contributed by atoms with Crippen molar-refractivity contribution in [3.8, 4) is 5.75 Å². The molecule has 1 amide bonds. The highest BCUT2D eigenvalue weighted by atomic mass is 16.5. The Morgan fingerprint density at radius 3 is 2.49 bits per heavy atom. The number of benzene rings is 3. The van der Waals surface area contributed by atoms with E-state index >= 15 is 0 Å². The van der Waals surface area contributed by atoms with Gasteiger partial charge in [0.1, 0.15) is 11.6 Å². The number of para-hydroxylation sites is 2. The molecule has 0 saturated heterocycles. The lowest BCUT2D eigenvalue weighted by Crippen LogP contribution is -2.26. The molecule has 0 saturated carbocycles. The molecule has 3 aromatic carbocycles. The molecule has 4 aromatic rings. The Morgan fingerprint density at radius 2 is 1.71 bits per heavy atom. The number of carbonyl (C=O) groups excluding carboxylic acids is 1. The summed E-state index contributed by atoms with van der Waals surface area (Å²) >= 11 is 0. The first kappa shape index (κ1) is 24.5. The second kappa shape index (κ2) is 12.2. The Bertz CT molecular complexity index is 1220. The Labute approximate surface area is 208 Å². The van der Waals surface area contributed by atoms with E-state index in [1.54, 1.807) is 0 Å². The van der Waals surface area contributed by atoms with Crippen LogP contribution in [0.25, 0.3) is 11.0 Å². The number of nitrogens with one attached hydrogen (secondary N) is 1. The van der Waals surface area contributed by atoms with Crippen molar-refractivity contribution in [2.75, 3.05) is 13.2 Å². The zero-order chi connectivity index (χ0) is 24.5. The average molecular weight is 470 g/mol. The molecule has 1 N–H and O–H groups in total. The quantitative estimate of drug-likeness (QED) is 0.245. The number of hydrogen-bond donors (Lipinski definition) is 1. The molecule has 1 unspecified atom stereocenters. The molecule has 4 rings (SSSR count). The van der Waals surface area contributed by atoms with Crippen molar-refractivity contribution < 1.29 is 9.53 Å². The molecule has 5 heteroatoms. The molecular weight excluding hydrogens is 434 g/mol. The maximum absolute atomic E-state index is 12.4. The number of aryl methyl sites for hydroxylation is 1. The van der Waals surface area contributed by atoms with Gasteiger partial charge in [0.05, 0.1) is 17.6 Å². The fourth-order valence-corrected chi connectivity index (χ4v) is 4.24. The predicted molar refractivity (Wildman–Crippen MR) is 142 cm³/mol. The molecule has 0 aliphatic heterocycles. The van der Waals surface area contributed by atoms with Gasteiger partial charge in [0.25, 0.3) is 5.91 Å². The van der Waals surface area contributed by atoms with Gasteiger partial charge in [0.2, 0.25) is 0 Å². The van der Waals surface area contributed by atoms with E-state index in [0.29, 0.717) is 31.1 Å². The summed E-state index contributed by atoms with van der Waals surface area (Å²) in [5, 5.41) is 3.02. The van der Waals surface area contributed by atoms with Crippen LogP contribution < -0.4 is 10.1 Å². The zero-order valence-electron chi connectivity index (χ0n) is 20.7. The SMILES string of the molecule is CCC(C)c1ccc(OCCCCn2c(CCNC(=O)c3ccccc3)nc3ccccc32)cc1. The van der Waals surface area contributed by atoms with Crippen LogP contribution >= 0.6 is 0 Å². The third-order valence-electron chi connectivity index (χ3n) is 6.51. The first-order valence-electron chi connectivity index (χ1n) is 12.7. The summed E-state index contributed by atoms with van der Waals surface area (Å²) < 4.78 is 8.26. The molecule has 35 heavy (non-hydrogen) atoms. The smallest absolute Gasteiger partial charge is 0.251 e. The molecule has 0 radical (unpaired) electrons. The molecule has 0 aliphatic carbocycles. The van der Waals surface area contributed by atoms with Gasteiger partial charge in [0, 0.05) is 25.1 Å². The summed E-state index contributed by atoms with van der Waals surface area (Å²) in [6.07, 6.45) is 3.79. The summed E-state index contributed by atoms with van der Waals surface area (Å²) in [4.78, 5) is 17.2. The van der Waals surface area contributed by atoms with Gasteiger partial charge >= 0.3 is 0 Å². The second-order valence-electron chi connectivity index (χ2n) is 8.97. The number of nitrogens with zero attached hydrogens (tertiary/aromatic N) is 2. The highest BCUT2D eigenvalue weighted by Crippen LogP contribution is 2.22. The number of amides is 1. The predicted octanol–water partition coefficient (Wildman–Crippen LogP) is 6.38. The lowest BCUT2D eigenvalue weighted by atomic mass is 9.99. The van der Waals surface area contributed by atoms with Crippen molar-refractivity contribution in [1.82, 2.24) is 14.9 Å². The minimum absolute atomic E-state index is 0.0532. The van der Waals surface area contributed by atoms with Crippen LogP contribution in [0.4, 0.5) is 0 Å². The summed E-state index contributed by atoms with van der Waals surface area (Å²) in [6, 6.07) is 26.0. The number of unbranched alkanes of at least 4 members (excludes halogenated alkanes) is 1. The molecule has 1 aromatic heterocycles. The maximum atomic E-state index is 12.4. The molecule has 1 heterocycles. The summed E-state index contributed by atoms with van der Waals surface area (Å²) in [5.74, 6) is 2.46. The molecule has 1 atom stereocenters. The first-order chi connectivity index (χ1) is 17.2. The number of carbonyl (C=O) groups is 1. The highest BCUT2D eigenvalue weighted by molar-refractivity contribution is 5.94. The van der Waals surface area contributed by atoms with Crippen LogP contribution in [0.5, 0.6) is 5.75 Å². The zero-order valence-corrected chi connectivity index (χ0v) is 20.7. The second-order valence-corrected chi connectivity index (χ2v) is 8.97. The Hall–Kier alpha value is -3.60. The van der Waals surface area contributed by atoms with Gasteiger partial charge in [-0.25, -0.2) is 4.98 Å². The van der Waals surface area contributed by atoms with Crippen molar-refractivity contribution in [2.24, 2.45) is 0 Å². The van der Waals surface area contributed by atoms with Gasteiger partial charge in [-0.05, 0) is 67.1 Å². The molecule has 5 nitrogen and oxygen atoms in total. The molecule has 0 spiro atoms. The lowest BCUT2D eigenvalue weighted by molar-refractivity contribution is 0.0954. The van der Waals surface area contributed by atoms with Crippen molar-refractivity contribution in [1.29, 1.82) is 0 Å². The largest absolute Gasteiger partial charge is 0.494 e. The van der Waals surface area contributed by atoms with Crippen LogP contribution in [0, 0.1) is 0 Å². The number of rotatable bonds is 12. The van der Waals surface area contributed by atoms with E-state index in [4.69, 9.17) is 9.72 Å². The summed E-state index contributed by atoms with van der Waals surface area (Å²) in [6.45, 7) is 6.58. The van der Waals surface area contributed by atoms with E-state index in [9.17, 15) is 4.79 Å². The number of ether oxygens (including phenoxy) is 1. The van der Waals surface area contributed by atoms with Crippen molar-refractivity contribution >= 4 is 16.9 Å². The molecular formula is C30H35N3O2. The Kier molecular flexibility index (Phi) is 8.55. The Balaban J connectivity index is 1.29. The Morgan fingerprint density at radius 1 is 0.971 bits per heavy atom. The van der Waals surface area contributed by atoms with E-state index in [1.165, 1.54) is 5.56 Å².